The maximum atomic E-state index is 12.4. The average Bonchev–Trinajstić information content (AvgIpc) is 3.17. The van der Waals surface area contributed by atoms with Crippen molar-refractivity contribution in [3.8, 4) is 0 Å². The quantitative estimate of drug-likeness (QED) is 0.688. The zero-order chi connectivity index (χ0) is 17.4. The van der Waals surface area contributed by atoms with Gasteiger partial charge in [-0.15, -0.1) is 0 Å². The van der Waals surface area contributed by atoms with Gasteiger partial charge in [0, 0.05) is 13.0 Å². The summed E-state index contributed by atoms with van der Waals surface area (Å²) in [5.41, 5.74) is 2.38. The van der Waals surface area contributed by atoms with Crippen LogP contribution in [-0.2, 0) is 0 Å². The molecule has 0 atom stereocenters. The molecule has 4 rings (SSSR count). The Hall–Kier alpha value is -3.28. The van der Waals surface area contributed by atoms with Crippen LogP contribution in [0.1, 0.15) is 38.4 Å². The Balaban J connectivity index is 1.42. The highest BCUT2D eigenvalue weighted by molar-refractivity contribution is 6.21. The number of benzene rings is 2. The maximum Gasteiger partial charge on any atom is 0.261 e. The third-order valence-corrected chi connectivity index (χ3v) is 4.37. The lowest BCUT2D eigenvalue weighted by atomic mass is 10.1. The van der Waals surface area contributed by atoms with E-state index in [9.17, 15) is 14.4 Å². The standard InChI is InChI=1S/C19H15N3O3/c23-17(22-12-20-15-8-3-4-9-16(15)22)10-5-11-21-18(24)13-6-1-2-7-14(13)19(21)25/h1-4,6-9,12H,5,10-11H2. The lowest BCUT2D eigenvalue weighted by Gasteiger charge is -2.13. The molecule has 0 saturated carbocycles. The summed E-state index contributed by atoms with van der Waals surface area (Å²) in [7, 11) is 0. The van der Waals surface area contributed by atoms with E-state index in [0.29, 0.717) is 17.5 Å². The summed E-state index contributed by atoms with van der Waals surface area (Å²) in [5, 5.41) is 0. The molecule has 0 bridgehead atoms. The number of hydrogen-bond donors (Lipinski definition) is 0. The van der Waals surface area contributed by atoms with Gasteiger partial charge in [0.1, 0.15) is 6.33 Å². The van der Waals surface area contributed by atoms with Gasteiger partial charge in [-0.2, -0.15) is 0 Å². The number of carbonyl (C=O) groups excluding carboxylic acids is 3. The Morgan fingerprint density at radius 1 is 0.920 bits per heavy atom. The lowest BCUT2D eigenvalue weighted by molar-refractivity contribution is 0.0644. The molecule has 0 aliphatic carbocycles. The SMILES string of the molecule is O=C1c2ccccc2C(=O)N1CCCC(=O)n1cnc2ccccc21. The Labute approximate surface area is 143 Å². The summed E-state index contributed by atoms with van der Waals surface area (Å²) in [5.74, 6) is -0.687. The first-order valence-corrected chi connectivity index (χ1v) is 8.07. The number of carbonyl (C=O) groups is 3. The number of nitrogens with zero attached hydrogens (tertiary/aromatic N) is 3. The van der Waals surface area contributed by atoms with Crippen molar-refractivity contribution < 1.29 is 14.4 Å². The van der Waals surface area contributed by atoms with Gasteiger partial charge in [0.25, 0.3) is 11.8 Å². The van der Waals surface area contributed by atoms with Gasteiger partial charge in [-0.05, 0) is 30.7 Å². The maximum absolute atomic E-state index is 12.4. The minimum atomic E-state index is -0.291. The zero-order valence-corrected chi connectivity index (χ0v) is 13.4. The first kappa shape index (κ1) is 15.3. The van der Waals surface area contributed by atoms with Gasteiger partial charge in [-0.3, -0.25) is 23.9 Å². The van der Waals surface area contributed by atoms with E-state index < -0.39 is 0 Å². The molecule has 3 aromatic rings. The second-order valence-corrected chi connectivity index (χ2v) is 5.91. The van der Waals surface area contributed by atoms with E-state index in [-0.39, 0.29) is 30.7 Å². The van der Waals surface area contributed by atoms with Crippen molar-refractivity contribution in [2.24, 2.45) is 0 Å². The van der Waals surface area contributed by atoms with Crippen LogP contribution in [0.25, 0.3) is 11.0 Å². The van der Waals surface area contributed by atoms with E-state index >= 15 is 0 Å². The fraction of sp³-hybridized carbons (Fsp3) is 0.158. The molecule has 25 heavy (non-hydrogen) atoms. The molecular weight excluding hydrogens is 318 g/mol. The van der Waals surface area contributed by atoms with Gasteiger partial charge in [0.15, 0.2) is 0 Å². The molecule has 1 aromatic heterocycles. The molecule has 124 valence electrons. The fourth-order valence-corrected chi connectivity index (χ4v) is 3.11. The van der Waals surface area contributed by atoms with Crippen molar-refractivity contribution in [3.63, 3.8) is 0 Å². The number of hydrogen-bond acceptors (Lipinski definition) is 4. The topological polar surface area (TPSA) is 72.3 Å². The molecule has 2 heterocycles. The number of amides is 2. The lowest BCUT2D eigenvalue weighted by Crippen LogP contribution is -2.31. The monoisotopic (exact) mass is 333 g/mol. The summed E-state index contributed by atoms with van der Waals surface area (Å²) in [6.07, 6.45) is 2.15. The third-order valence-electron chi connectivity index (χ3n) is 4.37. The minimum absolute atomic E-state index is 0.106. The molecule has 0 radical (unpaired) electrons. The smallest absolute Gasteiger partial charge is 0.261 e. The van der Waals surface area contributed by atoms with Gasteiger partial charge in [-0.25, -0.2) is 4.98 Å². The summed E-state index contributed by atoms with van der Waals surface area (Å²) < 4.78 is 1.51. The molecule has 0 saturated heterocycles. The molecule has 1 aliphatic rings. The Kier molecular flexibility index (Phi) is 3.65. The van der Waals surface area contributed by atoms with E-state index in [2.05, 4.69) is 4.98 Å². The predicted molar refractivity (Wildman–Crippen MR) is 91.4 cm³/mol. The molecule has 2 aromatic carbocycles. The van der Waals surface area contributed by atoms with E-state index in [1.165, 1.54) is 15.8 Å². The number of aromatic nitrogens is 2. The van der Waals surface area contributed by atoms with Crippen LogP contribution in [0, 0.1) is 0 Å². The van der Waals surface area contributed by atoms with Crippen molar-refractivity contribution in [2.75, 3.05) is 6.54 Å². The van der Waals surface area contributed by atoms with E-state index in [1.54, 1.807) is 24.3 Å². The summed E-state index contributed by atoms with van der Waals surface area (Å²) in [6.45, 7) is 0.227. The number of imidazole rings is 1. The number of imide groups is 1. The van der Waals surface area contributed by atoms with Crippen LogP contribution in [-0.4, -0.2) is 38.7 Å². The van der Waals surface area contributed by atoms with Crippen LogP contribution >= 0.6 is 0 Å². The van der Waals surface area contributed by atoms with Crippen molar-refractivity contribution in [2.45, 2.75) is 12.8 Å². The Morgan fingerprint density at radius 2 is 1.56 bits per heavy atom. The van der Waals surface area contributed by atoms with E-state index in [4.69, 9.17) is 0 Å². The van der Waals surface area contributed by atoms with Gasteiger partial charge in [-0.1, -0.05) is 24.3 Å². The minimum Gasteiger partial charge on any atom is -0.274 e. The van der Waals surface area contributed by atoms with Crippen molar-refractivity contribution in [3.05, 3.63) is 66.0 Å². The van der Waals surface area contributed by atoms with Crippen LogP contribution in [0.5, 0.6) is 0 Å². The normalized spacial score (nSPS) is 13.5. The highest BCUT2D eigenvalue weighted by atomic mass is 16.2. The molecule has 2 amide bonds. The average molecular weight is 333 g/mol. The number of rotatable bonds is 4. The summed E-state index contributed by atoms with van der Waals surface area (Å²) >= 11 is 0. The molecule has 0 spiro atoms. The predicted octanol–water partition coefficient (Wildman–Crippen LogP) is 2.75. The first-order chi connectivity index (χ1) is 12.2. The fourth-order valence-electron chi connectivity index (χ4n) is 3.11. The second kappa shape index (κ2) is 5.98. The van der Waals surface area contributed by atoms with Crippen LogP contribution < -0.4 is 0 Å². The second-order valence-electron chi connectivity index (χ2n) is 5.91. The highest BCUT2D eigenvalue weighted by Crippen LogP contribution is 2.22. The highest BCUT2D eigenvalue weighted by Gasteiger charge is 2.34. The van der Waals surface area contributed by atoms with E-state index in [1.807, 2.05) is 24.3 Å². The molecule has 6 nitrogen and oxygen atoms in total. The van der Waals surface area contributed by atoms with Crippen LogP contribution in [0.4, 0.5) is 0 Å². The van der Waals surface area contributed by atoms with Crippen LogP contribution in [0.3, 0.4) is 0 Å². The summed E-state index contributed by atoms with van der Waals surface area (Å²) in [4.78, 5) is 42.4. The Morgan fingerprint density at radius 3 is 2.28 bits per heavy atom. The number of fused-ring (bicyclic) bond motifs is 2. The van der Waals surface area contributed by atoms with Gasteiger partial charge < -0.3 is 0 Å². The van der Waals surface area contributed by atoms with Crippen molar-refractivity contribution in [1.82, 2.24) is 14.5 Å². The van der Waals surface area contributed by atoms with Gasteiger partial charge in [0.2, 0.25) is 5.91 Å². The van der Waals surface area contributed by atoms with Crippen molar-refractivity contribution in [1.29, 1.82) is 0 Å². The Bertz CT molecular complexity index is 971. The van der Waals surface area contributed by atoms with Crippen molar-refractivity contribution >= 4 is 28.8 Å². The first-order valence-electron chi connectivity index (χ1n) is 8.07. The van der Waals surface area contributed by atoms with Gasteiger partial charge in [0.05, 0.1) is 22.2 Å². The summed E-state index contributed by atoms with van der Waals surface area (Å²) in [6, 6.07) is 14.2. The molecule has 6 heteroatoms. The molecule has 0 unspecified atom stereocenters. The molecular formula is C19H15N3O3. The number of para-hydroxylation sites is 2. The molecule has 0 N–H and O–H groups in total. The van der Waals surface area contributed by atoms with Crippen LogP contribution in [0.2, 0.25) is 0 Å². The van der Waals surface area contributed by atoms with Gasteiger partial charge >= 0.3 is 0 Å². The molecule has 0 fully saturated rings. The van der Waals surface area contributed by atoms with Crippen LogP contribution in [0.15, 0.2) is 54.9 Å². The zero-order valence-electron chi connectivity index (χ0n) is 13.4. The molecule has 1 aliphatic heterocycles. The third kappa shape index (κ3) is 2.52. The largest absolute Gasteiger partial charge is 0.274 e. The van der Waals surface area contributed by atoms with E-state index in [0.717, 1.165) is 11.0 Å².